The molecule has 8 nitrogen and oxygen atoms in total. The summed E-state index contributed by atoms with van der Waals surface area (Å²) in [5, 5.41) is 12.8. The number of hydrogen-bond acceptors (Lipinski definition) is 6. The molecule has 1 amide bonds. The van der Waals surface area contributed by atoms with Gasteiger partial charge in [0.1, 0.15) is 6.54 Å². The molecule has 2 aromatic carbocycles. The van der Waals surface area contributed by atoms with Crippen molar-refractivity contribution in [2.45, 2.75) is 20.0 Å². The Labute approximate surface area is 174 Å². The van der Waals surface area contributed by atoms with Crippen LogP contribution in [0, 0.1) is 0 Å². The van der Waals surface area contributed by atoms with Crippen LogP contribution in [0.2, 0.25) is 5.02 Å². The fourth-order valence-corrected chi connectivity index (χ4v) is 3.08. The van der Waals surface area contributed by atoms with Crippen molar-refractivity contribution < 1.29 is 14.3 Å². The molecule has 0 saturated heterocycles. The van der Waals surface area contributed by atoms with Crippen LogP contribution in [0.25, 0.3) is 11.4 Å². The quantitative estimate of drug-likeness (QED) is 0.562. The summed E-state index contributed by atoms with van der Waals surface area (Å²) in [4.78, 5) is 15.7. The van der Waals surface area contributed by atoms with Crippen LogP contribution in [-0.4, -0.2) is 51.8 Å². The molecule has 3 rings (SSSR count). The van der Waals surface area contributed by atoms with Gasteiger partial charge >= 0.3 is 0 Å². The number of carbonyl (C=O) groups excluding carboxylic acids is 1. The van der Waals surface area contributed by atoms with E-state index < -0.39 is 0 Å². The molecule has 0 N–H and O–H groups in total. The summed E-state index contributed by atoms with van der Waals surface area (Å²) in [6.45, 7) is 2.88. The summed E-state index contributed by atoms with van der Waals surface area (Å²) in [6.07, 6.45) is 0. The van der Waals surface area contributed by atoms with Crippen molar-refractivity contribution in [1.29, 1.82) is 0 Å². The normalized spacial score (nSPS) is 10.6. The number of likely N-dealkylation sites (N-methyl/N-ethyl adjacent to an activating group) is 1. The van der Waals surface area contributed by atoms with Gasteiger partial charge in [0.15, 0.2) is 11.5 Å². The number of carbonyl (C=O) groups is 1. The minimum absolute atomic E-state index is 0.0153. The third-order valence-corrected chi connectivity index (χ3v) is 4.73. The van der Waals surface area contributed by atoms with E-state index in [1.165, 1.54) is 4.80 Å². The van der Waals surface area contributed by atoms with Crippen LogP contribution in [0.3, 0.4) is 0 Å². The van der Waals surface area contributed by atoms with Gasteiger partial charge in [0, 0.05) is 18.7 Å². The number of nitrogens with zero attached hydrogens (tertiary/aromatic N) is 5. The molecule has 9 heteroatoms. The lowest BCUT2D eigenvalue weighted by Gasteiger charge is -2.21. The Kier molecular flexibility index (Phi) is 6.66. The van der Waals surface area contributed by atoms with E-state index in [0.717, 1.165) is 5.56 Å². The molecule has 0 saturated carbocycles. The molecule has 0 fully saturated rings. The highest BCUT2D eigenvalue weighted by molar-refractivity contribution is 6.33. The molecule has 0 bridgehead atoms. The highest BCUT2D eigenvalue weighted by Gasteiger charge is 2.17. The predicted octanol–water partition coefficient (Wildman–Crippen LogP) is 3.06. The van der Waals surface area contributed by atoms with Gasteiger partial charge in [-0.05, 0) is 42.0 Å². The first-order valence-corrected chi connectivity index (χ1v) is 9.44. The SMILES string of the molecule is CCN(Cc1ccc(OC)c(OC)c1)C(=O)Cn1nnc(-c2ccccc2Cl)n1. The number of amides is 1. The lowest BCUT2D eigenvalue weighted by atomic mass is 10.2. The molecule has 152 valence electrons. The molecule has 0 spiro atoms. The number of halogens is 1. The van der Waals surface area contributed by atoms with Crippen molar-refractivity contribution in [3.8, 4) is 22.9 Å². The Morgan fingerprint density at radius 3 is 2.59 bits per heavy atom. The predicted molar refractivity (Wildman–Crippen MR) is 109 cm³/mol. The van der Waals surface area contributed by atoms with Gasteiger partial charge in [0.25, 0.3) is 0 Å². The third-order valence-electron chi connectivity index (χ3n) is 4.40. The van der Waals surface area contributed by atoms with Gasteiger partial charge in [0.2, 0.25) is 11.7 Å². The summed E-state index contributed by atoms with van der Waals surface area (Å²) in [5.41, 5.74) is 1.60. The number of tetrazole rings is 1. The smallest absolute Gasteiger partial charge is 0.246 e. The number of benzene rings is 2. The van der Waals surface area contributed by atoms with Crippen molar-refractivity contribution in [1.82, 2.24) is 25.1 Å². The summed E-state index contributed by atoms with van der Waals surface area (Å²) in [5.74, 6) is 1.53. The number of aromatic nitrogens is 4. The average molecular weight is 416 g/mol. The fraction of sp³-hybridized carbons (Fsp3) is 0.300. The standard InChI is InChI=1S/C20H22ClN5O3/c1-4-25(12-14-9-10-17(28-2)18(11-14)29-3)19(27)13-26-23-20(22-24-26)15-7-5-6-8-16(15)21/h5-11H,4,12-13H2,1-3H3. The van der Waals surface area contributed by atoms with E-state index in [1.54, 1.807) is 31.3 Å². The van der Waals surface area contributed by atoms with E-state index in [4.69, 9.17) is 21.1 Å². The minimum atomic E-state index is -0.120. The topological polar surface area (TPSA) is 82.4 Å². The Balaban J connectivity index is 1.70. The Hall–Kier alpha value is -3.13. The first kappa shape index (κ1) is 20.6. The molecule has 1 aromatic heterocycles. The molecule has 1 heterocycles. The van der Waals surface area contributed by atoms with Gasteiger partial charge in [-0.3, -0.25) is 4.79 Å². The fourth-order valence-electron chi connectivity index (χ4n) is 2.86. The molecule has 0 aliphatic rings. The summed E-state index contributed by atoms with van der Waals surface area (Å²) in [6, 6.07) is 12.8. The van der Waals surface area contributed by atoms with Crippen molar-refractivity contribution >= 4 is 17.5 Å². The van der Waals surface area contributed by atoms with Crippen molar-refractivity contribution in [3.05, 3.63) is 53.1 Å². The maximum absolute atomic E-state index is 12.8. The first-order valence-electron chi connectivity index (χ1n) is 9.07. The van der Waals surface area contributed by atoms with Gasteiger partial charge in [-0.1, -0.05) is 29.8 Å². The summed E-state index contributed by atoms with van der Waals surface area (Å²) in [7, 11) is 3.17. The molecule has 0 atom stereocenters. The average Bonchev–Trinajstić information content (AvgIpc) is 3.20. The maximum Gasteiger partial charge on any atom is 0.246 e. The zero-order valence-electron chi connectivity index (χ0n) is 16.5. The van der Waals surface area contributed by atoms with E-state index in [0.29, 0.717) is 41.0 Å². The molecular weight excluding hydrogens is 394 g/mol. The first-order chi connectivity index (χ1) is 14.0. The molecular formula is C20H22ClN5O3. The Bertz CT molecular complexity index is 992. The van der Waals surface area contributed by atoms with Gasteiger partial charge in [-0.25, -0.2) is 0 Å². The highest BCUT2D eigenvalue weighted by atomic mass is 35.5. The van der Waals surface area contributed by atoms with Crippen molar-refractivity contribution in [3.63, 3.8) is 0 Å². The van der Waals surface area contributed by atoms with E-state index in [2.05, 4.69) is 15.4 Å². The maximum atomic E-state index is 12.8. The van der Waals surface area contributed by atoms with Crippen LogP contribution in [0.1, 0.15) is 12.5 Å². The number of methoxy groups -OCH3 is 2. The Morgan fingerprint density at radius 2 is 1.90 bits per heavy atom. The van der Waals surface area contributed by atoms with Crippen LogP contribution in [0.5, 0.6) is 11.5 Å². The van der Waals surface area contributed by atoms with Crippen molar-refractivity contribution in [2.24, 2.45) is 0 Å². The molecule has 0 radical (unpaired) electrons. The molecule has 0 aliphatic heterocycles. The van der Waals surface area contributed by atoms with Crippen molar-refractivity contribution in [2.75, 3.05) is 20.8 Å². The summed E-state index contributed by atoms with van der Waals surface area (Å²) < 4.78 is 10.6. The molecule has 0 aliphatic carbocycles. The zero-order valence-corrected chi connectivity index (χ0v) is 17.3. The van der Waals surface area contributed by atoms with E-state index in [1.807, 2.05) is 37.3 Å². The van der Waals surface area contributed by atoms with Gasteiger partial charge < -0.3 is 14.4 Å². The van der Waals surface area contributed by atoms with Crippen LogP contribution in [0.15, 0.2) is 42.5 Å². The molecule has 0 unspecified atom stereocenters. The van der Waals surface area contributed by atoms with Gasteiger partial charge in [-0.15, -0.1) is 10.2 Å². The highest BCUT2D eigenvalue weighted by Crippen LogP contribution is 2.28. The second kappa shape index (κ2) is 9.38. The van der Waals surface area contributed by atoms with Gasteiger partial charge in [-0.2, -0.15) is 4.80 Å². The molecule has 3 aromatic rings. The second-order valence-corrected chi connectivity index (χ2v) is 6.63. The van der Waals surface area contributed by atoms with E-state index in [-0.39, 0.29) is 12.5 Å². The monoisotopic (exact) mass is 415 g/mol. The largest absolute Gasteiger partial charge is 0.493 e. The van der Waals surface area contributed by atoms with Gasteiger partial charge in [0.05, 0.1) is 19.2 Å². The van der Waals surface area contributed by atoms with E-state index in [9.17, 15) is 4.79 Å². The Morgan fingerprint density at radius 1 is 1.14 bits per heavy atom. The number of rotatable bonds is 8. The minimum Gasteiger partial charge on any atom is -0.493 e. The molecule has 29 heavy (non-hydrogen) atoms. The van der Waals surface area contributed by atoms with E-state index >= 15 is 0 Å². The second-order valence-electron chi connectivity index (χ2n) is 6.22. The van der Waals surface area contributed by atoms with Crippen LogP contribution >= 0.6 is 11.6 Å². The van der Waals surface area contributed by atoms with Crippen LogP contribution < -0.4 is 9.47 Å². The number of hydrogen-bond donors (Lipinski definition) is 0. The van der Waals surface area contributed by atoms with Crippen LogP contribution in [-0.2, 0) is 17.9 Å². The lowest BCUT2D eigenvalue weighted by molar-refractivity contribution is -0.132. The number of ether oxygens (including phenoxy) is 2. The summed E-state index contributed by atoms with van der Waals surface area (Å²) >= 11 is 6.17. The lowest BCUT2D eigenvalue weighted by Crippen LogP contribution is -2.33. The third kappa shape index (κ3) is 4.83. The van der Waals surface area contributed by atoms with Crippen LogP contribution in [0.4, 0.5) is 0 Å². The zero-order chi connectivity index (χ0) is 20.8.